The number of rotatable bonds is 9. The first kappa shape index (κ1) is 30.0. The topological polar surface area (TPSA) is 55.7 Å². The molecule has 0 bridgehead atoms. The van der Waals surface area contributed by atoms with E-state index in [-0.39, 0.29) is 23.3 Å². The summed E-state index contributed by atoms with van der Waals surface area (Å²) >= 11 is 0. The number of fused-ring (bicyclic) bond motifs is 3. The van der Waals surface area contributed by atoms with Crippen molar-refractivity contribution in [3.05, 3.63) is 94.5 Å². The van der Waals surface area contributed by atoms with Crippen LogP contribution in [0.4, 0.5) is 26.3 Å². The molecule has 4 rings (SSSR count). The number of ketones is 1. The largest absolute Gasteiger partial charge is 0.389 e. The molecule has 3 aromatic rings. The Hall–Kier alpha value is -3.95. The molecular weight excluding hydrogens is 548 g/mol. The third kappa shape index (κ3) is 7.04. The number of alkyl halides is 6. The lowest BCUT2D eigenvalue weighted by Gasteiger charge is -2.33. The van der Waals surface area contributed by atoms with Crippen molar-refractivity contribution in [2.24, 2.45) is 5.16 Å². The van der Waals surface area contributed by atoms with E-state index >= 15 is 0 Å². The van der Waals surface area contributed by atoms with E-state index in [2.05, 4.69) is 5.16 Å². The van der Waals surface area contributed by atoms with Gasteiger partial charge < -0.3 is 4.84 Å². The fraction of sp³-hybridized carbons (Fsp3) is 0.323. The SMILES string of the molecule is CC(=O)O/N=C(\Cc1cccc(C)c1)C(=O)c1ccc2c(c1)C(CCC(F)(F)F)(CCC(F)(F)F)c1ccccc1-2. The minimum Gasteiger partial charge on any atom is -0.318 e. The van der Waals surface area contributed by atoms with Gasteiger partial charge in [0.2, 0.25) is 5.78 Å². The molecule has 41 heavy (non-hydrogen) atoms. The van der Waals surface area contributed by atoms with Crippen LogP contribution in [0.1, 0.15) is 65.2 Å². The van der Waals surface area contributed by atoms with E-state index in [4.69, 9.17) is 4.84 Å². The Labute approximate surface area is 233 Å². The van der Waals surface area contributed by atoms with Gasteiger partial charge in [-0.1, -0.05) is 71.4 Å². The lowest BCUT2D eigenvalue weighted by atomic mass is 9.71. The number of Topliss-reactive ketones (excluding diaryl/α,β-unsaturated/α-hetero) is 1. The molecule has 0 heterocycles. The molecule has 0 amide bonds. The van der Waals surface area contributed by atoms with Crippen LogP contribution in [0.5, 0.6) is 0 Å². The molecule has 0 saturated carbocycles. The zero-order chi connectivity index (χ0) is 30.0. The first-order chi connectivity index (χ1) is 19.2. The molecule has 0 N–H and O–H groups in total. The second-order valence-electron chi connectivity index (χ2n) is 10.2. The number of halogens is 6. The van der Waals surface area contributed by atoms with Gasteiger partial charge >= 0.3 is 18.3 Å². The average molecular weight is 576 g/mol. The Morgan fingerprint density at radius 1 is 0.805 bits per heavy atom. The van der Waals surface area contributed by atoms with Gasteiger partial charge in [0.15, 0.2) is 0 Å². The Bertz CT molecular complexity index is 1470. The molecule has 3 aromatic carbocycles. The van der Waals surface area contributed by atoms with E-state index in [1.54, 1.807) is 42.5 Å². The van der Waals surface area contributed by atoms with Gasteiger partial charge in [-0.3, -0.25) is 4.79 Å². The molecule has 216 valence electrons. The fourth-order valence-corrected chi connectivity index (χ4v) is 5.43. The smallest absolute Gasteiger partial charge is 0.318 e. The summed E-state index contributed by atoms with van der Waals surface area (Å²) in [5, 5.41) is 3.75. The maximum Gasteiger partial charge on any atom is 0.389 e. The Morgan fingerprint density at radius 2 is 1.44 bits per heavy atom. The minimum absolute atomic E-state index is 0.0125. The van der Waals surface area contributed by atoms with Crippen LogP contribution >= 0.6 is 0 Å². The van der Waals surface area contributed by atoms with E-state index in [1.807, 2.05) is 19.1 Å². The van der Waals surface area contributed by atoms with Crippen molar-refractivity contribution in [3.63, 3.8) is 0 Å². The van der Waals surface area contributed by atoms with E-state index in [0.29, 0.717) is 22.3 Å². The van der Waals surface area contributed by atoms with Crippen LogP contribution in [0.3, 0.4) is 0 Å². The Balaban J connectivity index is 1.83. The quantitative estimate of drug-likeness (QED) is 0.0848. The fourth-order valence-electron chi connectivity index (χ4n) is 5.43. The summed E-state index contributed by atoms with van der Waals surface area (Å²) in [6.07, 6.45) is -13.1. The molecule has 0 aliphatic heterocycles. The maximum absolute atomic E-state index is 13.7. The zero-order valence-corrected chi connectivity index (χ0v) is 22.3. The molecule has 10 heteroatoms. The lowest BCUT2D eigenvalue weighted by molar-refractivity contribution is -0.144. The molecule has 0 saturated heterocycles. The standard InChI is InChI=1S/C31H27F6NO3/c1-19-6-5-7-21(16-19)17-27(38-41-20(2)39)28(40)22-10-11-24-23-8-3-4-9-25(23)29(26(24)18-22,12-14-30(32,33)34)13-15-31(35,36)37/h3-11,16,18H,12-15,17H2,1-2H3/b38-27+. The van der Waals surface area contributed by atoms with Gasteiger partial charge in [0.1, 0.15) is 5.71 Å². The van der Waals surface area contributed by atoms with Gasteiger partial charge in [-0.25, -0.2) is 4.79 Å². The predicted octanol–water partition coefficient (Wildman–Crippen LogP) is 8.29. The van der Waals surface area contributed by atoms with E-state index in [0.717, 1.165) is 12.5 Å². The summed E-state index contributed by atoms with van der Waals surface area (Å²) in [7, 11) is 0. The molecule has 0 aromatic heterocycles. The summed E-state index contributed by atoms with van der Waals surface area (Å²) in [4.78, 5) is 29.9. The molecule has 4 nitrogen and oxygen atoms in total. The molecule has 0 unspecified atom stereocenters. The maximum atomic E-state index is 13.7. The number of oxime groups is 1. The van der Waals surface area contributed by atoms with Crippen molar-refractivity contribution in [2.75, 3.05) is 0 Å². The normalized spacial score (nSPS) is 14.4. The molecule has 0 atom stereocenters. The van der Waals surface area contributed by atoms with Gasteiger partial charge in [0.05, 0.1) is 0 Å². The molecule has 0 fully saturated rings. The summed E-state index contributed by atoms with van der Waals surface area (Å²) in [5.41, 5.74) is 1.44. The number of hydrogen-bond acceptors (Lipinski definition) is 4. The van der Waals surface area contributed by atoms with Crippen molar-refractivity contribution < 1.29 is 40.8 Å². The van der Waals surface area contributed by atoms with Crippen molar-refractivity contribution >= 4 is 17.5 Å². The monoisotopic (exact) mass is 575 g/mol. The first-order valence-electron chi connectivity index (χ1n) is 12.9. The first-order valence-corrected chi connectivity index (χ1v) is 12.9. The second kappa shape index (κ2) is 11.5. The second-order valence-corrected chi connectivity index (χ2v) is 10.2. The summed E-state index contributed by atoms with van der Waals surface area (Å²) in [6.45, 7) is 2.97. The molecule has 0 spiro atoms. The number of carbonyl (C=O) groups is 2. The minimum atomic E-state index is -4.60. The van der Waals surface area contributed by atoms with E-state index in [1.165, 1.54) is 12.1 Å². The number of nitrogens with zero attached hydrogens (tertiary/aromatic N) is 1. The number of carbonyl (C=O) groups excluding carboxylic acids is 2. The number of benzene rings is 3. The Morgan fingerprint density at radius 3 is 2.05 bits per heavy atom. The van der Waals surface area contributed by atoms with Crippen LogP contribution < -0.4 is 0 Å². The molecule has 1 aliphatic rings. The van der Waals surface area contributed by atoms with Gasteiger partial charge in [0, 0.05) is 37.2 Å². The zero-order valence-electron chi connectivity index (χ0n) is 22.3. The van der Waals surface area contributed by atoms with Crippen molar-refractivity contribution in [2.45, 2.75) is 63.7 Å². The average Bonchev–Trinajstić information content (AvgIpc) is 3.17. The number of hydrogen-bond donors (Lipinski definition) is 0. The predicted molar refractivity (Wildman–Crippen MR) is 142 cm³/mol. The van der Waals surface area contributed by atoms with Crippen molar-refractivity contribution in [1.29, 1.82) is 0 Å². The molecule has 0 radical (unpaired) electrons. The van der Waals surface area contributed by atoms with E-state index in [9.17, 15) is 35.9 Å². The van der Waals surface area contributed by atoms with Gasteiger partial charge in [0.25, 0.3) is 0 Å². The van der Waals surface area contributed by atoms with Crippen LogP contribution in [0.15, 0.2) is 71.9 Å². The highest BCUT2D eigenvalue weighted by atomic mass is 19.4. The third-order valence-electron chi connectivity index (χ3n) is 7.20. The molecule has 1 aliphatic carbocycles. The highest BCUT2D eigenvalue weighted by Gasteiger charge is 2.47. The Kier molecular flexibility index (Phi) is 8.42. The van der Waals surface area contributed by atoms with Crippen LogP contribution in [0.25, 0.3) is 11.1 Å². The number of aryl methyl sites for hydroxylation is 1. The van der Waals surface area contributed by atoms with Crippen LogP contribution in [-0.2, 0) is 21.5 Å². The lowest BCUT2D eigenvalue weighted by Crippen LogP contribution is -2.30. The van der Waals surface area contributed by atoms with Crippen LogP contribution in [0.2, 0.25) is 0 Å². The third-order valence-corrected chi connectivity index (χ3v) is 7.20. The van der Waals surface area contributed by atoms with Gasteiger partial charge in [-0.05, 0) is 53.6 Å². The highest BCUT2D eigenvalue weighted by Crippen LogP contribution is 2.55. The van der Waals surface area contributed by atoms with Gasteiger partial charge in [-0.15, -0.1) is 0 Å². The summed E-state index contributed by atoms with van der Waals surface area (Å²) in [6, 6.07) is 18.0. The van der Waals surface area contributed by atoms with Gasteiger partial charge in [-0.2, -0.15) is 26.3 Å². The summed E-state index contributed by atoms with van der Waals surface area (Å²) < 4.78 is 80.8. The molecular formula is C31H27F6NO3. The van der Waals surface area contributed by atoms with Crippen LogP contribution in [-0.4, -0.2) is 29.8 Å². The summed E-state index contributed by atoms with van der Waals surface area (Å²) in [5.74, 6) is -1.42. The van der Waals surface area contributed by atoms with E-state index < -0.39 is 55.2 Å². The van der Waals surface area contributed by atoms with Crippen LogP contribution in [0, 0.1) is 6.92 Å². The highest BCUT2D eigenvalue weighted by molar-refractivity contribution is 6.46. The van der Waals surface area contributed by atoms with Crippen molar-refractivity contribution in [3.8, 4) is 11.1 Å². The van der Waals surface area contributed by atoms with Crippen molar-refractivity contribution in [1.82, 2.24) is 0 Å².